The summed E-state index contributed by atoms with van der Waals surface area (Å²) in [6.45, 7) is 5.77. The van der Waals surface area contributed by atoms with Crippen LogP contribution in [0.25, 0.3) is 10.2 Å². The zero-order valence-corrected chi connectivity index (χ0v) is 18.9. The van der Waals surface area contributed by atoms with Crippen LogP contribution in [0.3, 0.4) is 0 Å². The predicted molar refractivity (Wildman–Crippen MR) is 125 cm³/mol. The topological polar surface area (TPSA) is 88.2 Å². The monoisotopic (exact) mass is 451 g/mol. The number of nitrogens with one attached hydrogen (secondary N) is 2. The standard InChI is InChI=1S/C23H21N3O3S2/c1-14-4-7-17(8-5-14)22(27)25-23-24-20-13-18(9-11-21(20)30-23)26-31(28,29)19-10-6-15(2)16(3)12-19/h4-13,26H,1-3H3,(H,24,25,27). The maximum Gasteiger partial charge on any atom is 0.261 e. The summed E-state index contributed by atoms with van der Waals surface area (Å²) in [5, 5.41) is 3.26. The van der Waals surface area contributed by atoms with E-state index in [0.717, 1.165) is 21.4 Å². The van der Waals surface area contributed by atoms with Crippen molar-refractivity contribution in [3.8, 4) is 0 Å². The molecule has 0 fully saturated rings. The van der Waals surface area contributed by atoms with Crippen molar-refractivity contribution in [2.24, 2.45) is 0 Å². The minimum absolute atomic E-state index is 0.208. The van der Waals surface area contributed by atoms with Gasteiger partial charge in [0, 0.05) is 5.56 Å². The highest BCUT2D eigenvalue weighted by Crippen LogP contribution is 2.29. The van der Waals surface area contributed by atoms with Crippen LogP contribution < -0.4 is 10.0 Å². The van der Waals surface area contributed by atoms with Gasteiger partial charge in [0.05, 0.1) is 20.8 Å². The number of hydrogen-bond donors (Lipinski definition) is 2. The van der Waals surface area contributed by atoms with Crippen molar-refractivity contribution in [2.45, 2.75) is 25.7 Å². The molecule has 31 heavy (non-hydrogen) atoms. The zero-order chi connectivity index (χ0) is 22.2. The van der Waals surface area contributed by atoms with Gasteiger partial charge in [0.25, 0.3) is 15.9 Å². The number of hydrogen-bond acceptors (Lipinski definition) is 5. The number of anilines is 2. The van der Waals surface area contributed by atoms with E-state index in [0.29, 0.717) is 21.9 Å². The Morgan fingerprint density at radius 3 is 2.35 bits per heavy atom. The lowest BCUT2D eigenvalue weighted by molar-refractivity contribution is 0.102. The Hall–Kier alpha value is -3.23. The normalized spacial score (nSPS) is 11.5. The van der Waals surface area contributed by atoms with Crippen LogP contribution in [-0.4, -0.2) is 19.3 Å². The van der Waals surface area contributed by atoms with Crippen LogP contribution in [0.2, 0.25) is 0 Å². The van der Waals surface area contributed by atoms with E-state index in [4.69, 9.17) is 0 Å². The van der Waals surface area contributed by atoms with Gasteiger partial charge in [-0.1, -0.05) is 35.1 Å². The molecule has 0 aliphatic rings. The number of thiazole rings is 1. The molecule has 3 aromatic carbocycles. The molecule has 4 aromatic rings. The molecule has 0 radical (unpaired) electrons. The van der Waals surface area contributed by atoms with Crippen molar-refractivity contribution in [3.63, 3.8) is 0 Å². The van der Waals surface area contributed by atoms with Gasteiger partial charge in [-0.15, -0.1) is 0 Å². The van der Waals surface area contributed by atoms with Gasteiger partial charge in [0.2, 0.25) is 0 Å². The van der Waals surface area contributed by atoms with Gasteiger partial charge in [0.15, 0.2) is 5.13 Å². The fourth-order valence-electron chi connectivity index (χ4n) is 3.01. The molecule has 2 N–H and O–H groups in total. The number of carbonyl (C=O) groups is 1. The molecule has 1 amide bonds. The second kappa shape index (κ2) is 8.13. The molecule has 8 heteroatoms. The lowest BCUT2D eigenvalue weighted by Crippen LogP contribution is -2.13. The molecule has 0 atom stereocenters. The molecule has 0 saturated carbocycles. The summed E-state index contributed by atoms with van der Waals surface area (Å²) >= 11 is 1.33. The van der Waals surface area contributed by atoms with Gasteiger partial charge >= 0.3 is 0 Å². The number of nitrogens with zero attached hydrogens (tertiary/aromatic N) is 1. The Balaban J connectivity index is 1.55. The van der Waals surface area contributed by atoms with Crippen molar-refractivity contribution in [3.05, 3.63) is 82.9 Å². The fraction of sp³-hybridized carbons (Fsp3) is 0.130. The van der Waals surface area contributed by atoms with Gasteiger partial charge in [0.1, 0.15) is 0 Å². The van der Waals surface area contributed by atoms with E-state index in [-0.39, 0.29) is 10.8 Å². The first-order valence-corrected chi connectivity index (χ1v) is 11.9. The number of benzene rings is 3. The Morgan fingerprint density at radius 1 is 0.903 bits per heavy atom. The third kappa shape index (κ3) is 4.60. The third-order valence-electron chi connectivity index (χ3n) is 4.96. The molecular formula is C23H21N3O3S2. The Kier molecular flexibility index (Phi) is 5.51. The molecule has 0 aliphatic carbocycles. The number of carbonyl (C=O) groups excluding carboxylic acids is 1. The first kappa shape index (κ1) is 21.0. The summed E-state index contributed by atoms with van der Waals surface area (Å²) in [7, 11) is -3.72. The van der Waals surface area contributed by atoms with Crippen molar-refractivity contribution >= 4 is 48.3 Å². The first-order valence-electron chi connectivity index (χ1n) is 9.60. The van der Waals surface area contributed by atoms with Crippen LogP contribution in [0.1, 0.15) is 27.0 Å². The average Bonchev–Trinajstić information content (AvgIpc) is 3.11. The minimum atomic E-state index is -3.72. The second-order valence-corrected chi connectivity index (χ2v) is 10.1. The highest BCUT2D eigenvalue weighted by molar-refractivity contribution is 7.92. The lowest BCUT2D eigenvalue weighted by Gasteiger charge is -2.09. The minimum Gasteiger partial charge on any atom is -0.298 e. The van der Waals surface area contributed by atoms with Crippen molar-refractivity contribution in [2.75, 3.05) is 10.0 Å². The number of amides is 1. The molecule has 6 nitrogen and oxygen atoms in total. The van der Waals surface area contributed by atoms with Gasteiger partial charge in [-0.25, -0.2) is 13.4 Å². The van der Waals surface area contributed by atoms with E-state index in [1.807, 2.05) is 32.9 Å². The van der Waals surface area contributed by atoms with Crippen LogP contribution in [-0.2, 0) is 10.0 Å². The quantitative estimate of drug-likeness (QED) is 0.432. The smallest absolute Gasteiger partial charge is 0.261 e. The zero-order valence-electron chi connectivity index (χ0n) is 17.3. The molecule has 0 bridgehead atoms. The number of aryl methyl sites for hydroxylation is 3. The number of rotatable bonds is 5. The van der Waals surface area contributed by atoms with Crippen LogP contribution >= 0.6 is 11.3 Å². The van der Waals surface area contributed by atoms with E-state index in [9.17, 15) is 13.2 Å². The van der Waals surface area contributed by atoms with Crippen molar-refractivity contribution in [1.82, 2.24) is 4.98 Å². The van der Waals surface area contributed by atoms with E-state index in [1.165, 1.54) is 11.3 Å². The van der Waals surface area contributed by atoms with Crippen molar-refractivity contribution in [1.29, 1.82) is 0 Å². The van der Waals surface area contributed by atoms with Crippen molar-refractivity contribution < 1.29 is 13.2 Å². The molecular weight excluding hydrogens is 430 g/mol. The van der Waals surface area contributed by atoms with E-state index in [1.54, 1.807) is 48.5 Å². The van der Waals surface area contributed by atoms with E-state index >= 15 is 0 Å². The molecule has 1 heterocycles. The summed E-state index contributed by atoms with van der Waals surface area (Å²) in [4.78, 5) is 17.1. The predicted octanol–water partition coefficient (Wildman–Crippen LogP) is 5.27. The molecule has 0 saturated heterocycles. The maximum atomic E-state index is 12.7. The molecule has 0 unspecified atom stereocenters. The number of fused-ring (bicyclic) bond motifs is 1. The van der Waals surface area contributed by atoms with Crippen LogP contribution in [0.5, 0.6) is 0 Å². The van der Waals surface area contributed by atoms with E-state index in [2.05, 4.69) is 15.0 Å². The summed E-state index contributed by atoms with van der Waals surface area (Å²) in [5.74, 6) is -0.241. The Bertz CT molecular complexity index is 1390. The SMILES string of the molecule is Cc1ccc(C(=O)Nc2nc3cc(NS(=O)(=O)c4ccc(C)c(C)c4)ccc3s2)cc1. The molecule has 0 spiro atoms. The van der Waals surface area contributed by atoms with Crippen LogP contribution in [0, 0.1) is 20.8 Å². The third-order valence-corrected chi connectivity index (χ3v) is 7.29. The largest absolute Gasteiger partial charge is 0.298 e. The highest BCUT2D eigenvalue weighted by atomic mass is 32.2. The Morgan fingerprint density at radius 2 is 1.65 bits per heavy atom. The van der Waals surface area contributed by atoms with Gasteiger partial charge < -0.3 is 0 Å². The molecule has 4 rings (SSSR count). The van der Waals surface area contributed by atoms with Crippen LogP contribution in [0.15, 0.2) is 65.6 Å². The van der Waals surface area contributed by atoms with Gasteiger partial charge in [-0.2, -0.15) is 0 Å². The lowest BCUT2D eigenvalue weighted by atomic mass is 10.1. The van der Waals surface area contributed by atoms with E-state index < -0.39 is 10.0 Å². The molecule has 1 aromatic heterocycles. The summed E-state index contributed by atoms with van der Waals surface area (Å²) in [6.07, 6.45) is 0. The second-order valence-electron chi connectivity index (χ2n) is 7.37. The molecule has 0 aliphatic heterocycles. The fourth-order valence-corrected chi connectivity index (χ4v) is 4.99. The summed E-state index contributed by atoms with van der Waals surface area (Å²) in [5.41, 5.74) is 4.57. The average molecular weight is 452 g/mol. The maximum absolute atomic E-state index is 12.7. The summed E-state index contributed by atoms with van der Waals surface area (Å²) in [6, 6.07) is 17.4. The summed E-state index contributed by atoms with van der Waals surface area (Å²) < 4.78 is 28.9. The number of aromatic nitrogens is 1. The number of sulfonamides is 1. The first-order chi connectivity index (χ1) is 14.7. The Labute approximate surface area is 185 Å². The van der Waals surface area contributed by atoms with Gasteiger partial charge in [-0.05, 0) is 74.4 Å². The van der Waals surface area contributed by atoms with Gasteiger partial charge in [-0.3, -0.25) is 14.8 Å². The molecule has 158 valence electrons. The highest BCUT2D eigenvalue weighted by Gasteiger charge is 2.16. The van der Waals surface area contributed by atoms with Crippen LogP contribution in [0.4, 0.5) is 10.8 Å².